The molecule has 1 N–H and O–H groups in total. The summed E-state index contributed by atoms with van der Waals surface area (Å²) in [6, 6.07) is 4.55. The lowest BCUT2D eigenvalue weighted by molar-refractivity contribution is -0.384. The fourth-order valence-electron chi connectivity index (χ4n) is 1.40. The number of carbonyl (C=O) groups excluding carboxylic acids is 1. The van der Waals surface area contributed by atoms with Gasteiger partial charge in [0.1, 0.15) is 10.4 Å². The Labute approximate surface area is 100 Å². The molecule has 1 saturated heterocycles. The summed E-state index contributed by atoms with van der Waals surface area (Å²) in [5, 5.41) is 13.3. The summed E-state index contributed by atoms with van der Waals surface area (Å²) in [5.41, 5.74) is 0.549. The van der Waals surface area contributed by atoms with Crippen molar-refractivity contribution in [1.29, 1.82) is 0 Å². The molecule has 1 aliphatic rings. The predicted octanol–water partition coefficient (Wildman–Crippen LogP) is 2.11. The lowest BCUT2D eigenvalue weighted by atomic mass is 10.2. The lowest BCUT2D eigenvalue weighted by Gasteiger charge is -2.09. The van der Waals surface area contributed by atoms with Crippen LogP contribution in [0, 0.1) is 10.1 Å². The molecule has 0 saturated carbocycles. The van der Waals surface area contributed by atoms with Crippen LogP contribution in [0.15, 0.2) is 18.2 Å². The number of hydrogen-bond acceptors (Lipinski definition) is 4. The molecule has 1 aromatic carbocycles. The van der Waals surface area contributed by atoms with Crippen molar-refractivity contribution in [2.75, 3.05) is 5.75 Å². The highest BCUT2D eigenvalue weighted by molar-refractivity contribution is 8.00. The van der Waals surface area contributed by atoms with E-state index in [1.54, 1.807) is 6.07 Å². The Kier molecular flexibility index (Phi) is 3.02. The van der Waals surface area contributed by atoms with E-state index < -0.39 is 4.92 Å². The summed E-state index contributed by atoms with van der Waals surface area (Å²) in [6.07, 6.45) is 0. The summed E-state index contributed by atoms with van der Waals surface area (Å²) in [4.78, 5) is 21.2. The van der Waals surface area contributed by atoms with Crippen LogP contribution < -0.4 is 5.32 Å². The number of nitrogens with zero attached hydrogens (tertiary/aromatic N) is 1. The van der Waals surface area contributed by atoms with Crippen LogP contribution in [0.1, 0.15) is 10.9 Å². The van der Waals surface area contributed by atoms with Gasteiger partial charge in [-0.05, 0) is 11.6 Å². The normalized spacial score (nSPS) is 19.6. The Morgan fingerprint density at radius 3 is 2.88 bits per heavy atom. The zero-order valence-corrected chi connectivity index (χ0v) is 9.55. The summed E-state index contributed by atoms with van der Waals surface area (Å²) in [6.45, 7) is 0. The summed E-state index contributed by atoms with van der Waals surface area (Å²) < 4.78 is 0. The number of halogens is 1. The Hall–Kier alpha value is -1.27. The highest BCUT2D eigenvalue weighted by Crippen LogP contribution is 2.34. The molecule has 0 aromatic heterocycles. The Balaban J connectivity index is 2.32. The molecular formula is C9H7ClN2O3S. The van der Waals surface area contributed by atoms with Crippen molar-refractivity contribution < 1.29 is 9.72 Å². The van der Waals surface area contributed by atoms with Crippen LogP contribution in [-0.4, -0.2) is 16.6 Å². The van der Waals surface area contributed by atoms with Crippen molar-refractivity contribution in [2.45, 2.75) is 5.37 Å². The monoisotopic (exact) mass is 258 g/mol. The van der Waals surface area contributed by atoms with Gasteiger partial charge in [0.2, 0.25) is 5.91 Å². The second-order valence-electron chi connectivity index (χ2n) is 3.23. The largest absolute Gasteiger partial charge is 0.339 e. The number of rotatable bonds is 2. The first-order valence-electron chi connectivity index (χ1n) is 4.43. The number of benzene rings is 1. The van der Waals surface area contributed by atoms with Gasteiger partial charge in [0.05, 0.1) is 10.7 Å². The molecule has 0 radical (unpaired) electrons. The SMILES string of the molecule is O=C1CSC(c2ccc(Cl)c([N+](=O)[O-])c2)N1. The second-order valence-corrected chi connectivity index (χ2v) is 4.73. The quantitative estimate of drug-likeness (QED) is 0.651. The Morgan fingerprint density at radius 1 is 1.56 bits per heavy atom. The van der Waals surface area contributed by atoms with Crippen LogP contribution in [0.4, 0.5) is 5.69 Å². The molecular weight excluding hydrogens is 252 g/mol. The second kappa shape index (κ2) is 4.31. The molecule has 0 bridgehead atoms. The van der Waals surface area contributed by atoms with Gasteiger partial charge in [-0.25, -0.2) is 0 Å². The van der Waals surface area contributed by atoms with Crippen LogP contribution in [0.2, 0.25) is 5.02 Å². The minimum absolute atomic E-state index is 0.0624. The Bertz CT molecular complexity index is 466. The molecule has 1 aromatic rings. The first-order valence-corrected chi connectivity index (χ1v) is 5.85. The topological polar surface area (TPSA) is 72.2 Å². The van der Waals surface area contributed by atoms with Gasteiger partial charge in [-0.3, -0.25) is 14.9 Å². The molecule has 0 aliphatic carbocycles. The molecule has 2 rings (SSSR count). The molecule has 5 nitrogen and oxygen atoms in total. The Morgan fingerprint density at radius 2 is 2.31 bits per heavy atom. The van der Waals surface area contributed by atoms with E-state index in [1.165, 1.54) is 23.9 Å². The first-order chi connectivity index (χ1) is 7.58. The van der Waals surface area contributed by atoms with E-state index in [0.29, 0.717) is 11.3 Å². The molecule has 1 unspecified atom stereocenters. The highest BCUT2D eigenvalue weighted by Gasteiger charge is 2.25. The molecule has 7 heteroatoms. The number of nitrogens with one attached hydrogen (secondary N) is 1. The number of hydrogen-bond donors (Lipinski definition) is 1. The van der Waals surface area contributed by atoms with Gasteiger partial charge in [0, 0.05) is 6.07 Å². The van der Waals surface area contributed by atoms with E-state index in [4.69, 9.17) is 11.6 Å². The van der Waals surface area contributed by atoms with Gasteiger partial charge >= 0.3 is 0 Å². The van der Waals surface area contributed by atoms with Crippen molar-refractivity contribution in [1.82, 2.24) is 5.32 Å². The zero-order valence-electron chi connectivity index (χ0n) is 7.97. The highest BCUT2D eigenvalue weighted by atomic mass is 35.5. The predicted molar refractivity (Wildman–Crippen MR) is 61.4 cm³/mol. The zero-order chi connectivity index (χ0) is 11.7. The molecule has 1 fully saturated rings. The molecule has 84 valence electrons. The third kappa shape index (κ3) is 2.12. The average Bonchev–Trinajstić information content (AvgIpc) is 2.65. The molecule has 1 heterocycles. The molecule has 0 spiro atoms. The van der Waals surface area contributed by atoms with E-state index in [-0.39, 0.29) is 22.0 Å². The molecule has 1 atom stereocenters. The molecule has 1 amide bonds. The summed E-state index contributed by atoms with van der Waals surface area (Å²) in [5.74, 6) is 0.314. The van der Waals surface area contributed by atoms with E-state index >= 15 is 0 Å². The van der Waals surface area contributed by atoms with Gasteiger partial charge in [0.25, 0.3) is 5.69 Å². The average molecular weight is 259 g/mol. The van der Waals surface area contributed by atoms with E-state index in [2.05, 4.69) is 5.32 Å². The molecule has 1 aliphatic heterocycles. The van der Waals surface area contributed by atoms with Gasteiger partial charge < -0.3 is 5.32 Å². The van der Waals surface area contributed by atoms with E-state index in [0.717, 1.165) is 0 Å². The lowest BCUT2D eigenvalue weighted by Crippen LogP contribution is -2.18. The standard InChI is InChI=1S/C9H7ClN2O3S/c10-6-2-1-5(3-7(6)12(14)15)9-11-8(13)4-16-9/h1-3,9H,4H2,(H,11,13). The van der Waals surface area contributed by atoms with Crippen molar-refractivity contribution in [3.63, 3.8) is 0 Å². The van der Waals surface area contributed by atoms with Crippen molar-refractivity contribution in [2.24, 2.45) is 0 Å². The number of nitro benzene ring substituents is 1. The third-order valence-corrected chi connectivity index (χ3v) is 3.61. The van der Waals surface area contributed by atoms with Gasteiger partial charge in [0.15, 0.2) is 0 Å². The van der Waals surface area contributed by atoms with Crippen LogP contribution >= 0.6 is 23.4 Å². The number of thioether (sulfide) groups is 1. The third-order valence-electron chi connectivity index (χ3n) is 2.14. The van der Waals surface area contributed by atoms with Crippen LogP contribution in [-0.2, 0) is 4.79 Å². The minimum atomic E-state index is -0.534. The van der Waals surface area contributed by atoms with Crippen LogP contribution in [0.25, 0.3) is 0 Å². The maximum absolute atomic E-state index is 11.0. The minimum Gasteiger partial charge on any atom is -0.339 e. The number of nitro groups is 1. The van der Waals surface area contributed by atoms with E-state index in [1.807, 2.05) is 0 Å². The summed E-state index contributed by atoms with van der Waals surface area (Å²) in [7, 11) is 0. The van der Waals surface area contributed by atoms with Crippen molar-refractivity contribution >= 4 is 35.0 Å². The maximum Gasteiger partial charge on any atom is 0.288 e. The number of carbonyl (C=O) groups is 1. The fourth-order valence-corrected chi connectivity index (χ4v) is 2.54. The van der Waals surface area contributed by atoms with E-state index in [9.17, 15) is 14.9 Å². The maximum atomic E-state index is 11.0. The smallest absolute Gasteiger partial charge is 0.288 e. The van der Waals surface area contributed by atoms with Crippen molar-refractivity contribution in [3.8, 4) is 0 Å². The molecule has 16 heavy (non-hydrogen) atoms. The van der Waals surface area contributed by atoms with Crippen LogP contribution in [0.3, 0.4) is 0 Å². The van der Waals surface area contributed by atoms with Gasteiger partial charge in [-0.1, -0.05) is 17.7 Å². The van der Waals surface area contributed by atoms with Gasteiger partial charge in [-0.2, -0.15) is 0 Å². The summed E-state index contributed by atoms with van der Waals surface area (Å²) >= 11 is 7.09. The van der Waals surface area contributed by atoms with Crippen molar-refractivity contribution in [3.05, 3.63) is 38.9 Å². The van der Waals surface area contributed by atoms with Gasteiger partial charge in [-0.15, -0.1) is 11.8 Å². The van der Waals surface area contributed by atoms with Crippen LogP contribution in [0.5, 0.6) is 0 Å². The number of amides is 1. The first kappa shape index (κ1) is 11.2. The fraction of sp³-hybridized carbons (Fsp3) is 0.222.